The first-order valence-corrected chi connectivity index (χ1v) is 6.70. The van der Waals surface area contributed by atoms with Crippen LogP contribution in [0.15, 0.2) is 30.3 Å². The third-order valence-corrected chi connectivity index (χ3v) is 3.61. The van der Waals surface area contributed by atoms with Gasteiger partial charge in [-0.05, 0) is 24.4 Å². The van der Waals surface area contributed by atoms with Gasteiger partial charge in [0, 0.05) is 11.2 Å². The fraction of sp³-hybridized carbons (Fsp3) is 0.267. The highest BCUT2D eigenvalue weighted by Crippen LogP contribution is 2.19. The molecule has 0 saturated carbocycles. The van der Waals surface area contributed by atoms with Crippen molar-refractivity contribution in [2.75, 3.05) is 13.1 Å². The lowest BCUT2D eigenvalue weighted by atomic mass is 10.2. The Kier molecular flexibility index (Phi) is 3.21. The molecule has 0 bridgehead atoms. The van der Waals surface area contributed by atoms with Crippen LogP contribution < -0.4 is 5.32 Å². The summed E-state index contributed by atoms with van der Waals surface area (Å²) < 4.78 is 1.90. The molecule has 1 fully saturated rings. The Hall–Kier alpha value is -2.63. The average molecular weight is 285 g/mol. The molecule has 6 heteroatoms. The Morgan fingerprint density at radius 2 is 1.86 bits per heavy atom. The molecule has 3 amide bonds. The standard InChI is InChI=1S/C15H15N3O3/c1-10-6-11-4-2-3-5-12(11)18(10)9-15(21)17-7-13(19)16-14(20)8-17/h2-6H,7-9H2,1H3,(H,16,19,20). The van der Waals surface area contributed by atoms with Gasteiger partial charge in [0.15, 0.2) is 0 Å². The van der Waals surface area contributed by atoms with E-state index in [0.717, 1.165) is 16.6 Å². The second kappa shape index (κ2) is 5.05. The van der Waals surface area contributed by atoms with Crippen LogP contribution in [0.5, 0.6) is 0 Å². The Balaban J connectivity index is 1.85. The predicted octanol–water partition coefficient (Wildman–Crippen LogP) is 0.435. The summed E-state index contributed by atoms with van der Waals surface area (Å²) in [4.78, 5) is 36.3. The van der Waals surface area contributed by atoms with Gasteiger partial charge >= 0.3 is 0 Å². The van der Waals surface area contributed by atoms with Crippen molar-refractivity contribution in [1.29, 1.82) is 0 Å². The summed E-state index contributed by atoms with van der Waals surface area (Å²) in [6.45, 7) is 1.92. The largest absolute Gasteiger partial charge is 0.335 e. The molecule has 108 valence electrons. The lowest BCUT2D eigenvalue weighted by Crippen LogP contribution is -2.54. The van der Waals surface area contributed by atoms with Gasteiger partial charge in [-0.15, -0.1) is 0 Å². The minimum absolute atomic E-state index is 0.0666. The van der Waals surface area contributed by atoms with Crippen LogP contribution >= 0.6 is 0 Å². The van der Waals surface area contributed by atoms with E-state index in [-0.39, 0.29) is 25.5 Å². The third kappa shape index (κ3) is 2.52. The van der Waals surface area contributed by atoms with Gasteiger partial charge in [0.05, 0.1) is 0 Å². The minimum Gasteiger partial charge on any atom is -0.335 e. The maximum absolute atomic E-state index is 12.3. The van der Waals surface area contributed by atoms with Crippen molar-refractivity contribution in [2.24, 2.45) is 0 Å². The smallest absolute Gasteiger partial charge is 0.246 e. The number of para-hydroxylation sites is 1. The van der Waals surface area contributed by atoms with Crippen LogP contribution in [0.2, 0.25) is 0 Å². The van der Waals surface area contributed by atoms with Crippen molar-refractivity contribution in [3.63, 3.8) is 0 Å². The molecule has 0 unspecified atom stereocenters. The zero-order valence-corrected chi connectivity index (χ0v) is 11.6. The van der Waals surface area contributed by atoms with Crippen LogP contribution in [0.3, 0.4) is 0 Å². The quantitative estimate of drug-likeness (QED) is 0.814. The van der Waals surface area contributed by atoms with Gasteiger partial charge in [-0.3, -0.25) is 19.7 Å². The van der Waals surface area contributed by atoms with E-state index >= 15 is 0 Å². The fourth-order valence-corrected chi connectivity index (χ4v) is 2.61. The minimum atomic E-state index is -0.436. The van der Waals surface area contributed by atoms with E-state index in [2.05, 4.69) is 5.32 Å². The summed E-state index contributed by atoms with van der Waals surface area (Å²) in [6.07, 6.45) is 0. The van der Waals surface area contributed by atoms with Crippen LogP contribution in [-0.4, -0.2) is 40.3 Å². The first-order chi connectivity index (χ1) is 10.0. The number of fused-ring (bicyclic) bond motifs is 1. The van der Waals surface area contributed by atoms with Crippen molar-refractivity contribution in [1.82, 2.24) is 14.8 Å². The normalized spacial score (nSPS) is 15.4. The maximum atomic E-state index is 12.3. The highest BCUT2D eigenvalue weighted by Gasteiger charge is 2.26. The number of nitrogens with zero attached hydrogens (tertiary/aromatic N) is 2. The summed E-state index contributed by atoms with van der Waals surface area (Å²) in [6, 6.07) is 9.81. The predicted molar refractivity (Wildman–Crippen MR) is 76.4 cm³/mol. The number of imide groups is 1. The molecule has 1 aliphatic rings. The monoisotopic (exact) mass is 285 g/mol. The van der Waals surface area contributed by atoms with E-state index in [4.69, 9.17) is 0 Å². The molecule has 1 aliphatic heterocycles. The van der Waals surface area contributed by atoms with Crippen molar-refractivity contribution in [3.8, 4) is 0 Å². The van der Waals surface area contributed by atoms with E-state index in [0.29, 0.717) is 0 Å². The molecule has 2 aromatic rings. The SMILES string of the molecule is Cc1cc2ccccc2n1CC(=O)N1CC(=O)NC(=O)C1. The lowest BCUT2D eigenvalue weighted by Gasteiger charge is -2.26. The van der Waals surface area contributed by atoms with Gasteiger partial charge in [-0.1, -0.05) is 18.2 Å². The number of carbonyl (C=O) groups excluding carboxylic acids is 3. The topological polar surface area (TPSA) is 71.4 Å². The molecule has 0 spiro atoms. The second-order valence-electron chi connectivity index (χ2n) is 5.15. The third-order valence-electron chi connectivity index (χ3n) is 3.61. The van der Waals surface area contributed by atoms with Crippen LogP contribution in [0, 0.1) is 6.92 Å². The van der Waals surface area contributed by atoms with E-state index < -0.39 is 11.8 Å². The Bertz CT molecular complexity index is 732. The average Bonchev–Trinajstić information content (AvgIpc) is 2.74. The number of benzene rings is 1. The molecule has 21 heavy (non-hydrogen) atoms. The summed E-state index contributed by atoms with van der Waals surface area (Å²) >= 11 is 0. The molecule has 0 atom stereocenters. The molecular weight excluding hydrogens is 270 g/mol. The van der Waals surface area contributed by atoms with Crippen LogP contribution in [-0.2, 0) is 20.9 Å². The van der Waals surface area contributed by atoms with Crippen LogP contribution in [0.1, 0.15) is 5.69 Å². The van der Waals surface area contributed by atoms with Gasteiger partial charge in [0.1, 0.15) is 19.6 Å². The second-order valence-corrected chi connectivity index (χ2v) is 5.15. The highest BCUT2D eigenvalue weighted by molar-refractivity contribution is 6.02. The molecule has 3 rings (SSSR count). The number of hydrogen-bond donors (Lipinski definition) is 1. The number of aromatic nitrogens is 1. The molecular formula is C15H15N3O3. The Morgan fingerprint density at radius 3 is 2.57 bits per heavy atom. The number of amides is 3. The highest BCUT2D eigenvalue weighted by atomic mass is 16.2. The number of nitrogens with one attached hydrogen (secondary N) is 1. The Labute approximate surface area is 121 Å². The van der Waals surface area contributed by atoms with E-state index in [9.17, 15) is 14.4 Å². The molecule has 1 N–H and O–H groups in total. The summed E-state index contributed by atoms with van der Waals surface area (Å²) in [5.41, 5.74) is 1.94. The van der Waals surface area contributed by atoms with Crippen molar-refractivity contribution in [2.45, 2.75) is 13.5 Å². The summed E-state index contributed by atoms with van der Waals surface area (Å²) in [5, 5.41) is 3.25. The van der Waals surface area contributed by atoms with Crippen LogP contribution in [0.4, 0.5) is 0 Å². The Morgan fingerprint density at radius 1 is 1.19 bits per heavy atom. The molecule has 2 heterocycles. The van der Waals surface area contributed by atoms with Gasteiger partial charge in [-0.2, -0.15) is 0 Å². The fourth-order valence-electron chi connectivity index (χ4n) is 2.61. The van der Waals surface area contributed by atoms with E-state index in [1.165, 1.54) is 4.90 Å². The lowest BCUT2D eigenvalue weighted by molar-refractivity contribution is -0.145. The molecule has 1 saturated heterocycles. The first-order valence-electron chi connectivity index (χ1n) is 6.70. The van der Waals surface area contributed by atoms with Crippen molar-refractivity contribution in [3.05, 3.63) is 36.0 Å². The molecule has 0 aliphatic carbocycles. The van der Waals surface area contributed by atoms with Crippen LogP contribution in [0.25, 0.3) is 10.9 Å². The number of carbonyl (C=O) groups is 3. The molecule has 1 aromatic carbocycles. The van der Waals surface area contributed by atoms with Crippen molar-refractivity contribution >= 4 is 28.6 Å². The van der Waals surface area contributed by atoms with Crippen molar-refractivity contribution < 1.29 is 14.4 Å². The maximum Gasteiger partial charge on any atom is 0.246 e. The molecule has 1 aromatic heterocycles. The van der Waals surface area contributed by atoms with E-state index in [1.54, 1.807) is 0 Å². The van der Waals surface area contributed by atoms with Gasteiger partial charge in [0.25, 0.3) is 0 Å². The number of aryl methyl sites for hydroxylation is 1. The van der Waals surface area contributed by atoms with Gasteiger partial charge < -0.3 is 9.47 Å². The number of hydrogen-bond acceptors (Lipinski definition) is 3. The summed E-state index contributed by atoms with van der Waals surface area (Å²) in [5.74, 6) is -1.11. The van der Waals surface area contributed by atoms with E-state index in [1.807, 2.05) is 41.8 Å². The first kappa shape index (κ1) is 13.4. The summed E-state index contributed by atoms with van der Waals surface area (Å²) in [7, 11) is 0. The number of rotatable bonds is 2. The van der Waals surface area contributed by atoms with Gasteiger partial charge in [0.2, 0.25) is 17.7 Å². The van der Waals surface area contributed by atoms with Gasteiger partial charge in [-0.25, -0.2) is 0 Å². The molecule has 0 radical (unpaired) electrons. The zero-order chi connectivity index (χ0) is 15.0. The zero-order valence-electron chi connectivity index (χ0n) is 11.6. The molecule has 6 nitrogen and oxygen atoms in total. The number of piperazine rings is 1.